The molecule has 0 bridgehead atoms. The Bertz CT molecular complexity index is 74.4. The molecule has 50 valence electrons. The molecule has 0 aliphatic rings. The van der Waals surface area contributed by atoms with Gasteiger partial charge in [0.1, 0.15) is 0 Å². The van der Waals surface area contributed by atoms with E-state index in [0.717, 1.165) is 5.75 Å². The fraction of sp³-hybridized carbons (Fsp3) is 0.750. The Morgan fingerprint density at radius 1 is 1.75 bits per heavy atom. The average Bonchev–Trinajstić information content (AvgIpc) is 1.68. The number of hydrogen-bond donors (Lipinski definition) is 1. The van der Waals surface area contributed by atoms with Crippen LogP contribution in [0.15, 0.2) is 4.99 Å². The number of aliphatic imine (C=N–C) groups is 1. The van der Waals surface area contributed by atoms with E-state index >= 15 is 0 Å². The van der Waals surface area contributed by atoms with Crippen LogP contribution in [0.2, 0.25) is 0 Å². The molecular weight excluding hydrogens is 235 g/mol. The van der Waals surface area contributed by atoms with E-state index in [1.807, 2.05) is 6.92 Å². The zero-order chi connectivity index (χ0) is 5.70. The van der Waals surface area contributed by atoms with Crippen LogP contribution in [0.1, 0.15) is 6.92 Å². The maximum Gasteiger partial charge on any atom is 0.153 e. The van der Waals surface area contributed by atoms with E-state index in [-0.39, 0.29) is 24.0 Å². The summed E-state index contributed by atoms with van der Waals surface area (Å²) in [6, 6.07) is 0. The Hall–Kier alpha value is 0.550. The highest BCUT2D eigenvalue weighted by Gasteiger charge is 1.82. The minimum Gasteiger partial charge on any atom is -0.379 e. The highest BCUT2D eigenvalue weighted by molar-refractivity contribution is 14.0. The first-order valence-electron chi connectivity index (χ1n) is 2.16. The van der Waals surface area contributed by atoms with Gasteiger partial charge in [-0.15, -0.1) is 24.0 Å². The van der Waals surface area contributed by atoms with Gasteiger partial charge in [-0.2, -0.15) is 0 Å². The summed E-state index contributed by atoms with van der Waals surface area (Å²) < 4.78 is 0. The van der Waals surface area contributed by atoms with Crippen LogP contribution in [0.3, 0.4) is 0 Å². The number of rotatable bonds is 1. The Morgan fingerprint density at radius 3 is 2.38 bits per heavy atom. The summed E-state index contributed by atoms with van der Waals surface area (Å²) in [5.74, 6) is 1.00. The summed E-state index contributed by atoms with van der Waals surface area (Å²) in [7, 11) is 1.69. The first kappa shape index (κ1) is 11.4. The fourth-order valence-electron chi connectivity index (χ4n) is 0.212. The second-order valence-corrected chi connectivity index (χ2v) is 2.28. The lowest BCUT2D eigenvalue weighted by molar-refractivity contribution is 1.43. The van der Waals surface area contributed by atoms with Crippen LogP contribution in [0.4, 0.5) is 0 Å². The Morgan fingerprint density at radius 2 is 2.25 bits per heavy atom. The van der Waals surface area contributed by atoms with Gasteiger partial charge in [0.15, 0.2) is 5.17 Å². The van der Waals surface area contributed by atoms with Crippen LogP contribution in [-0.2, 0) is 0 Å². The van der Waals surface area contributed by atoms with E-state index in [0.29, 0.717) is 5.17 Å². The highest BCUT2D eigenvalue weighted by Crippen LogP contribution is 1.95. The number of halogens is 1. The second-order valence-electron chi connectivity index (χ2n) is 0.995. The van der Waals surface area contributed by atoms with Crippen molar-refractivity contribution in [3.63, 3.8) is 0 Å². The molecule has 0 aliphatic carbocycles. The summed E-state index contributed by atoms with van der Waals surface area (Å²) in [5, 5.41) is 0.669. The molecule has 4 heteroatoms. The van der Waals surface area contributed by atoms with Crippen molar-refractivity contribution < 1.29 is 0 Å². The molecular formula is C4H11IN2S. The van der Waals surface area contributed by atoms with Crippen molar-refractivity contribution in [2.24, 2.45) is 10.7 Å². The summed E-state index contributed by atoms with van der Waals surface area (Å²) in [5.41, 5.74) is 5.30. The smallest absolute Gasteiger partial charge is 0.153 e. The molecule has 0 spiro atoms. The second kappa shape index (κ2) is 7.55. The van der Waals surface area contributed by atoms with Crippen LogP contribution in [0.5, 0.6) is 0 Å². The van der Waals surface area contributed by atoms with E-state index in [9.17, 15) is 0 Å². The number of nitrogens with two attached hydrogens (primary N) is 1. The van der Waals surface area contributed by atoms with Gasteiger partial charge < -0.3 is 5.73 Å². The fourth-order valence-corrected chi connectivity index (χ4v) is 0.637. The van der Waals surface area contributed by atoms with Gasteiger partial charge in [0, 0.05) is 7.05 Å². The van der Waals surface area contributed by atoms with Gasteiger partial charge >= 0.3 is 0 Å². The van der Waals surface area contributed by atoms with Crippen molar-refractivity contribution in [1.82, 2.24) is 0 Å². The standard InChI is InChI=1S/C4H10N2S.HI/c1-3-7-4(5)6-2;/h3H2,1-2H3,(H2,5,6);1H. The van der Waals surface area contributed by atoms with Gasteiger partial charge in [0.25, 0.3) is 0 Å². The monoisotopic (exact) mass is 246 g/mol. The largest absolute Gasteiger partial charge is 0.379 e. The number of amidine groups is 1. The third-order valence-corrected chi connectivity index (χ3v) is 1.28. The van der Waals surface area contributed by atoms with Gasteiger partial charge in [0.05, 0.1) is 0 Å². The highest BCUT2D eigenvalue weighted by atomic mass is 127. The van der Waals surface area contributed by atoms with Crippen LogP contribution < -0.4 is 5.73 Å². The summed E-state index contributed by atoms with van der Waals surface area (Å²) in [6.45, 7) is 2.04. The molecule has 0 unspecified atom stereocenters. The Kier molecular flexibility index (Phi) is 10.7. The predicted octanol–water partition coefficient (Wildman–Crippen LogP) is 1.30. The SMILES string of the molecule is CCSC(N)=NC.I. The van der Waals surface area contributed by atoms with Crippen molar-refractivity contribution in [1.29, 1.82) is 0 Å². The van der Waals surface area contributed by atoms with Crippen LogP contribution in [0.25, 0.3) is 0 Å². The first-order chi connectivity index (χ1) is 3.31. The lowest BCUT2D eigenvalue weighted by Gasteiger charge is -1.89. The quantitative estimate of drug-likeness (QED) is 0.430. The van der Waals surface area contributed by atoms with E-state index in [4.69, 9.17) is 5.73 Å². The lowest BCUT2D eigenvalue weighted by atomic mass is 11.0. The molecule has 0 rings (SSSR count). The Balaban J connectivity index is 0. The molecule has 0 fully saturated rings. The third kappa shape index (κ3) is 6.55. The molecule has 0 aromatic carbocycles. The number of nitrogens with zero attached hydrogens (tertiary/aromatic N) is 1. The van der Waals surface area contributed by atoms with E-state index < -0.39 is 0 Å². The van der Waals surface area contributed by atoms with Crippen molar-refractivity contribution in [3.05, 3.63) is 0 Å². The summed E-state index contributed by atoms with van der Waals surface area (Å²) in [4.78, 5) is 3.74. The molecule has 2 nitrogen and oxygen atoms in total. The molecule has 0 atom stereocenters. The number of thioether (sulfide) groups is 1. The maximum atomic E-state index is 5.30. The molecule has 0 heterocycles. The lowest BCUT2D eigenvalue weighted by Crippen LogP contribution is -2.05. The van der Waals surface area contributed by atoms with Crippen LogP contribution >= 0.6 is 35.7 Å². The molecule has 0 radical (unpaired) electrons. The zero-order valence-corrected chi connectivity index (χ0v) is 8.20. The molecule has 0 aliphatic heterocycles. The summed E-state index contributed by atoms with van der Waals surface area (Å²) in [6.07, 6.45) is 0. The minimum atomic E-state index is 0. The van der Waals surface area contributed by atoms with Gasteiger partial charge in [-0.05, 0) is 5.75 Å². The molecule has 0 amide bonds. The Labute approximate surface area is 71.3 Å². The third-order valence-electron chi connectivity index (χ3n) is 0.513. The van der Waals surface area contributed by atoms with Gasteiger partial charge in [0.2, 0.25) is 0 Å². The van der Waals surface area contributed by atoms with Crippen LogP contribution in [-0.4, -0.2) is 18.0 Å². The first-order valence-corrected chi connectivity index (χ1v) is 3.15. The molecule has 0 saturated carbocycles. The number of hydrogen-bond acceptors (Lipinski definition) is 2. The average molecular weight is 246 g/mol. The zero-order valence-electron chi connectivity index (χ0n) is 5.05. The van der Waals surface area contributed by atoms with Crippen molar-refractivity contribution in [3.8, 4) is 0 Å². The molecule has 2 N–H and O–H groups in total. The minimum absolute atomic E-state index is 0. The topological polar surface area (TPSA) is 38.4 Å². The predicted molar refractivity (Wildman–Crippen MR) is 51.1 cm³/mol. The van der Waals surface area contributed by atoms with E-state index in [1.54, 1.807) is 18.8 Å². The van der Waals surface area contributed by atoms with Gasteiger partial charge in [-0.1, -0.05) is 18.7 Å². The van der Waals surface area contributed by atoms with E-state index in [1.165, 1.54) is 0 Å². The van der Waals surface area contributed by atoms with Gasteiger partial charge in [-0.25, -0.2) is 0 Å². The molecule has 0 aromatic rings. The van der Waals surface area contributed by atoms with E-state index in [2.05, 4.69) is 4.99 Å². The van der Waals surface area contributed by atoms with Gasteiger partial charge in [-0.3, -0.25) is 4.99 Å². The maximum absolute atomic E-state index is 5.30. The summed E-state index contributed by atoms with van der Waals surface area (Å²) >= 11 is 1.56. The van der Waals surface area contributed by atoms with Crippen molar-refractivity contribution in [2.45, 2.75) is 6.92 Å². The molecule has 8 heavy (non-hydrogen) atoms. The van der Waals surface area contributed by atoms with Crippen molar-refractivity contribution >= 4 is 40.9 Å². The molecule has 0 aromatic heterocycles. The van der Waals surface area contributed by atoms with Crippen molar-refractivity contribution in [2.75, 3.05) is 12.8 Å². The normalized spacial score (nSPS) is 10.5. The van der Waals surface area contributed by atoms with Crippen LogP contribution in [0, 0.1) is 0 Å². The molecule has 0 saturated heterocycles.